The molecule has 1 heterocycles. The van der Waals surface area contributed by atoms with E-state index in [1.54, 1.807) is 11.3 Å². The van der Waals surface area contributed by atoms with E-state index in [1.165, 1.54) is 44.2 Å². The molecular weight excluding hydrogens is 356 g/mol. The predicted molar refractivity (Wildman–Crippen MR) is 119 cm³/mol. The molecule has 0 unspecified atom stereocenters. The molecule has 0 bridgehead atoms. The molecule has 0 fully saturated rings. The van der Waals surface area contributed by atoms with Crippen LogP contribution >= 0.6 is 11.3 Å². The minimum atomic E-state index is -0.287. The second kappa shape index (κ2) is 5.92. The first-order valence-electron chi connectivity index (χ1n) is 9.60. The molecule has 0 aliphatic heterocycles. The summed E-state index contributed by atoms with van der Waals surface area (Å²) in [6.07, 6.45) is 0. The van der Waals surface area contributed by atoms with Crippen LogP contribution in [0, 0.1) is 0 Å². The van der Waals surface area contributed by atoms with Gasteiger partial charge in [-0.2, -0.15) is 11.3 Å². The molecule has 0 saturated carbocycles. The van der Waals surface area contributed by atoms with Crippen LogP contribution in [0.1, 0.15) is 22.3 Å². The molecule has 5 aromatic rings. The van der Waals surface area contributed by atoms with Gasteiger partial charge in [-0.15, -0.1) is 0 Å². The normalized spacial score (nSPS) is 14.0. The Morgan fingerprint density at radius 1 is 0.500 bits per heavy atom. The van der Waals surface area contributed by atoms with Crippen molar-refractivity contribution in [2.45, 2.75) is 5.41 Å². The molecule has 0 saturated heterocycles. The zero-order valence-electron chi connectivity index (χ0n) is 15.3. The lowest BCUT2D eigenvalue weighted by atomic mass is 9.67. The minimum Gasteiger partial charge on any atom is -0.151 e. The molecule has 6 rings (SSSR count). The molecular formula is C27H18S. The van der Waals surface area contributed by atoms with E-state index in [0.717, 1.165) is 0 Å². The predicted octanol–water partition coefficient (Wildman–Crippen LogP) is 7.26. The van der Waals surface area contributed by atoms with Crippen molar-refractivity contribution in [2.24, 2.45) is 0 Å². The van der Waals surface area contributed by atoms with Gasteiger partial charge in [0.2, 0.25) is 0 Å². The van der Waals surface area contributed by atoms with Crippen LogP contribution in [0.5, 0.6) is 0 Å². The highest BCUT2D eigenvalue weighted by molar-refractivity contribution is 7.09. The van der Waals surface area contributed by atoms with E-state index in [9.17, 15) is 0 Å². The van der Waals surface area contributed by atoms with Crippen molar-refractivity contribution >= 4 is 22.1 Å². The molecule has 0 nitrogen and oxygen atoms in total. The maximum Gasteiger partial charge on any atom is 0.0713 e. The van der Waals surface area contributed by atoms with E-state index in [1.807, 2.05) is 0 Å². The molecule has 1 aliphatic carbocycles. The van der Waals surface area contributed by atoms with E-state index in [2.05, 4.69) is 108 Å². The van der Waals surface area contributed by atoms with E-state index in [0.29, 0.717) is 0 Å². The first kappa shape index (κ1) is 15.9. The number of hydrogen-bond acceptors (Lipinski definition) is 1. The summed E-state index contributed by atoms with van der Waals surface area (Å²) < 4.78 is 0. The minimum absolute atomic E-state index is 0.287. The van der Waals surface area contributed by atoms with Gasteiger partial charge in [0.15, 0.2) is 0 Å². The quantitative estimate of drug-likeness (QED) is 0.299. The Hall–Kier alpha value is -3.16. The molecule has 0 spiro atoms. The summed E-state index contributed by atoms with van der Waals surface area (Å²) in [5.74, 6) is 0. The summed E-state index contributed by atoms with van der Waals surface area (Å²) in [6.45, 7) is 0. The van der Waals surface area contributed by atoms with Crippen LogP contribution in [0.4, 0.5) is 0 Å². The largest absolute Gasteiger partial charge is 0.151 e. The van der Waals surface area contributed by atoms with Crippen molar-refractivity contribution in [3.8, 4) is 11.1 Å². The van der Waals surface area contributed by atoms with Crippen molar-refractivity contribution in [1.82, 2.24) is 0 Å². The van der Waals surface area contributed by atoms with Crippen molar-refractivity contribution < 1.29 is 0 Å². The van der Waals surface area contributed by atoms with Crippen molar-refractivity contribution in [2.75, 3.05) is 0 Å². The number of benzene rings is 4. The Labute approximate surface area is 168 Å². The van der Waals surface area contributed by atoms with Gasteiger partial charge in [0.1, 0.15) is 0 Å². The van der Waals surface area contributed by atoms with Gasteiger partial charge in [-0.1, -0.05) is 84.9 Å². The maximum absolute atomic E-state index is 2.42. The van der Waals surface area contributed by atoms with Gasteiger partial charge in [0.25, 0.3) is 0 Å². The zero-order valence-corrected chi connectivity index (χ0v) is 16.1. The van der Waals surface area contributed by atoms with Gasteiger partial charge in [-0.05, 0) is 67.0 Å². The van der Waals surface area contributed by atoms with Gasteiger partial charge < -0.3 is 0 Å². The Bertz CT molecular complexity index is 1260. The Morgan fingerprint density at radius 3 is 1.75 bits per heavy atom. The Morgan fingerprint density at radius 2 is 1.07 bits per heavy atom. The molecule has 1 aromatic heterocycles. The highest BCUT2D eigenvalue weighted by Crippen LogP contribution is 2.56. The van der Waals surface area contributed by atoms with Crippen LogP contribution in [0.3, 0.4) is 0 Å². The zero-order chi connectivity index (χ0) is 18.6. The van der Waals surface area contributed by atoms with Gasteiger partial charge in [0.05, 0.1) is 5.41 Å². The van der Waals surface area contributed by atoms with E-state index in [4.69, 9.17) is 0 Å². The average molecular weight is 375 g/mol. The van der Waals surface area contributed by atoms with Crippen molar-refractivity contribution in [1.29, 1.82) is 0 Å². The highest BCUT2D eigenvalue weighted by Gasteiger charge is 2.45. The number of thiophene rings is 1. The second-order valence-electron chi connectivity index (χ2n) is 7.43. The molecule has 1 heteroatoms. The molecule has 0 N–H and O–H groups in total. The third kappa shape index (κ3) is 2.00. The molecule has 1 aliphatic rings. The van der Waals surface area contributed by atoms with Crippen LogP contribution in [-0.4, -0.2) is 0 Å². The third-order valence-corrected chi connectivity index (χ3v) is 6.83. The van der Waals surface area contributed by atoms with Crippen LogP contribution < -0.4 is 0 Å². The highest BCUT2D eigenvalue weighted by atomic mass is 32.1. The fourth-order valence-electron chi connectivity index (χ4n) is 4.91. The van der Waals surface area contributed by atoms with Crippen LogP contribution in [0.25, 0.3) is 21.9 Å². The monoisotopic (exact) mass is 374 g/mol. The summed E-state index contributed by atoms with van der Waals surface area (Å²) in [6, 6.07) is 35.6. The van der Waals surface area contributed by atoms with Gasteiger partial charge in [-0.3, -0.25) is 0 Å². The summed E-state index contributed by atoms with van der Waals surface area (Å²) in [5, 5.41) is 7.17. The lowest BCUT2D eigenvalue weighted by molar-refractivity contribution is 0.769. The SMILES string of the molecule is c1ccc(C2(c3ccccc3)c3ccccc3-c3cc4cscc4cc32)cc1. The summed E-state index contributed by atoms with van der Waals surface area (Å²) >= 11 is 1.78. The summed E-state index contributed by atoms with van der Waals surface area (Å²) in [4.78, 5) is 0. The molecule has 0 amide bonds. The topological polar surface area (TPSA) is 0 Å². The fraction of sp³-hybridized carbons (Fsp3) is 0.0370. The average Bonchev–Trinajstić information content (AvgIpc) is 3.34. The first-order valence-corrected chi connectivity index (χ1v) is 10.5. The van der Waals surface area contributed by atoms with Gasteiger partial charge in [-0.25, -0.2) is 0 Å². The molecule has 0 radical (unpaired) electrons. The second-order valence-corrected chi connectivity index (χ2v) is 8.17. The van der Waals surface area contributed by atoms with Gasteiger partial charge >= 0.3 is 0 Å². The molecule has 4 aromatic carbocycles. The summed E-state index contributed by atoms with van der Waals surface area (Å²) in [5.41, 5.74) is 7.82. The number of fused-ring (bicyclic) bond motifs is 4. The van der Waals surface area contributed by atoms with E-state index < -0.39 is 0 Å². The van der Waals surface area contributed by atoms with E-state index >= 15 is 0 Å². The molecule has 28 heavy (non-hydrogen) atoms. The molecule has 132 valence electrons. The molecule has 0 atom stereocenters. The third-order valence-electron chi connectivity index (χ3n) is 6.05. The van der Waals surface area contributed by atoms with E-state index in [-0.39, 0.29) is 5.41 Å². The summed E-state index contributed by atoms with van der Waals surface area (Å²) in [7, 11) is 0. The van der Waals surface area contributed by atoms with Crippen LogP contribution in [-0.2, 0) is 5.41 Å². The van der Waals surface area contributed by atoms with Crippen LogP contribution in [0.15, 0.2) is 108 Å². The maximum atomic E-state index is 2.42. The van der Waals surface area contributed by atoms with Gasteiger partial charge in [0, 0.05) is 0 Å². The lowest BCUT2D eigenvalue weighted by Gasteiger charge is -2.33. The number of rotatable bonds is 2. The fourth-order valence-corrected chi connectivity index (χ4v) is 5.68. The Kier molecular flexibility index (Phi) is 3.35. The first-order chi connectivity index (χ1) is 13.9. The van der Waals surface area contributed by atoms with Crippen molar-refractivity contribution in [3.63, 3.8) is 0 Å². The number of hydrogen-bond donors (Lipinski definition) is 0. The smallest absolute Gasteiger partial charge is 0.0713 e. The van der Waals surface area contributed by atoms with Crippen molar-refractivity contribution in [3.05, 3.63) is 130 Å². The Balaban J connectivity index is 1.84. The standard InChI is InChI=1S/C27H18S/c1-3-9-21(10-4-1)27(22-11-5-2-6-12-22)25-14-8-7-13-23(25)24-15-19-17-28-18-20(19)16-26(24)27/h1-18H. The lowest BCUT2D eigenvalue weighted by Crippen LogP contribution is -2.28. The van der Waals surface area contributed by atoms with Crippen LogP contribution in [0.2, 0.25) is 0 Å².